The monoisotopic (exact) mass is 372 g/mol. The Labute approximate surface area is 160 Å². The largest absolute Gasteiger partial charge is 0.365 e. The van der Waals surface area contributed by atoms with Gasteiger partial charge < -0.3 is 11.1 Å². The van der Waals surface area contributed by atoms with E-state index in [9.17, 15) is 9.18 Å². The number of alkyl halides is 1. The Bertz CT molecular complexity index is 797. The van der Waals surface area contributed by atoms with Crippen LogP contribution in [-0.4, -0.2) is 22.4 Å². The van der Waals surface area contributed by atoms with E-state index < -0.39 is 18.0 Å². The predicted molar refractivity (Wildman–Crippen MR) is 106 cm³/mol. The summed E-state index contributed by atoms with van der Waals surface area (Å²) in [6.45, 7) is 5.55. The van der Waals surface area contributed by atoms with E-state index in [0.29, 0.717) is 23.3 Å². The summed E-state index contributed by atoms with van der Waals surface area (Å²) in [5.41, 5.74) is 7.16. The van der Waals surface area contributed by atoms with E-state index in [0.717, 1.165) is 17.7 Å². The molecule has 2 aromatic rings. The number of carbonyl (C=O) groups excluding carboxylic acids is 1. The van der Waals surface area contributed by atoms with Crippen molar-refractivity contribution >= 4 is 17.4 Å². The van der Waals surface area contributed by atoms with Gasteiger partial charge in [0.25, 0.3) is 5.91 Å². The third-order valence-electron chi connectivity index (χ3n) is 5.67. The lowest BCUT2D eigenvalue weighted by atomic mass is 9.86. The summed E-state index contributed by atoms with van der Waals surface area (Å²) in [6, 6.07) is 7.83. The van der Waals surface area contributed by atoms with Crippen LogP contribution in [0.1, 0.15) is 68.4 Å². The summed E-state index contributed by atoms with van der Waals surface area (Å²) in [7, 11) is 0. The molecule has 5 nitrogen and oxygen atoms in total. The molecule has 2 unspecified atom stereocenters. The summed E-state index contributed by atoms with van der Waals surface area (Å²) >= 11 is 0. The van der Waals surface area contributed by atoms with Gasteiger partial charge in [-0.3, -0.25) is 13.9 Å². The first-order chi connectivity index (χ1) is 12.8. The van der Waals surface area contributed by atoms with Crippen LogP contribution in [0.2, 0.25) is 0 Å². The molecule has 3 N–H and O–H groups in total. The molecular weight excluding hydrogens is 343 g/mol. The summed E-state index contributed by atoms with van der Waals surface area (Å²) in [4.78, 5) is 11.9. The van der Waals surface area contributed by atoms with Crippen LogP contribution in [0, 0.1) is 5.92 Å². The van der Waals surface area contributed by atoms with Crippen LogP contribution in [0.25, 0.3) is 0 Å². The molecule has 0 spiro atoms. The summed E-state index contributed by atoms with van der Waals surface area (Å²) in [5, 5.41) is 7.83. The highest BCUT2D eigenvalue weighted by Gasteiger charge is 2.26. The third-order valence-corrected chi connectivity index (χ3v) is 5.67. The van der Waals surface area contributed by atoms with E-state index in [-0.39, 0.29) is 0 Å². The van der Waals surface area contributed by atoms with Gasteiger partial charge >= 0.3 is 0 Å². The van der Waals surface area contributed by atoms with Crippen molar-refractivity contribution in [3.8, 4) is 0 Å². The number of amides is 1. The Hall–Kier alpha value is -2.37. The van der Waals surface area contributed by atoms with Crippen molar-refractivity contribution in [2.45, 2.75) is 57.9 Å². The fourth-order valence-corrected chi connectivity index (χ4v) is 3.74. The zero-order valence-corrected chi connectivity index (χ0v) is 16.3. The van der Waals surface area contributed by atoms with Gasteiger partial charge in [-0.05, 0) is 36.5 Å². The smallest absolute Gasteiger partial charge is 0.254 e. The van der Waals surface area contributed by atoms with Crippen molar-refractivity contribution < 1.29 is 9.18 Å². The SMILES string of the molecule is CC1CCCCC1n1cc(C(N)=O)c(Nc2ccc(C(C)(C)CF)cc2)n1. The van der Waals surface area contributed by atoms with Gasteiger partial charge in [0.2, 0.25) is 0 Å². The zero-order chi connectivity index (χ0) is 19.6. The van der Waals surface area contributed by atoms with Crippen molar-refractivity contribution in [3.63, 3.8) is 0 Å². The number of anilines is 2. The Morgan fingerprint density at radius 3 is 2.56 bits per heavy atom. The fourth-order valence-electron chi connectivity index (χ4n) is 3.74. The lowest BCUT2D eigenvalue weighted by Crippen LogP contribution is -2.21. The van der Waals surface area contributed by atoms with Crippen LogP contribution in [0.5, 0.6) is 0 Å². The van der Waals surface area contributed by atoms with Crippen LogP contribution in [0.15, 0.2) is 30.5 Å². The molecule has 0 radical (unpaired) electrons. The molecule has 146 valence electrons. The van der Waals surface area contributed by atoms with Crippen molar-refractivity contribution in [2.75, 3.05) is 12.0 Å². The van der Waals surface area contributed by atoms with E-state index >= 15 is 0 Å². The van der Waals surface area contributed by atoms with Gasteiger partial charge in [0.15, 0.2) is 5.82 Å². The highest BCUT2D eigenvalue weighted by molar-refractivity contribution is 5.98. The average molecular weight is 372 g/mol. The van der Waals surface area contributed by atoms with Gasteiger partial charge in [-0.1, -0.05) is 45.7 Å². The van der Waals surface area contributed by atoms with Crippen LogP contribution in [0.4, 0.5) is 15.9 Å². The first kappa shape index (κ1) is 19.4. The van der Waals surface area contributed by atoms with E-state index in [1.54, 1.807) is 6.20 Å². The molecule has 1 aliphatic carbocycles. The Morgan fingerprint density at radius 1 is 1.30 bits per heavy atom. The van der Waals surface area contributed by atoms with Crippen molar-refractivity contribution in [1.29, 1.82) is 0 Å². The Morgan fingerprint density at radius 2 is 1.96 bits per heavy atom. The number of carbonyl (C=O) groups is 1. The number of hydrogen-bond acceptors (Lipinski definition) is 3. The molecule has 6 heteroatoms. The van der Waals surface area contributed by atoms with Crippen LogP contribution < -0.4 is 11.1 Å². The predicted octanol–water partition coefficient (Wildman–Crippen LogP) is 4.72. The number of hydrogen-bond donors (Lipinski definition) is 2. The molecule has 1 aromatic heterocycles. The number of benzene rings is 1. The van der Waals surface area contributed by atoms with E-state index in [2.05, 4.69) is 17.3 Å². The number of aromatic nitrogens is 2. The summed E-state index contributed by atoms with van der Waals surface area (Å²) < 4.78 is 15.1. The molecule has 27 heavy (non-hydrogen) atoms. The minimum absolute atomic E-state index is 0.292. The molecule has 1 amide bonds. The van der Waals surface area contributed by atoms with E-state index in [4.69, 9.17) is 5.73 Å². The van der Waals surface area contributed by atoms with Crippen LogP contribution in [0.3, 0.4) is 0 Å². The maximum absolute atomic E-state index is 13.2. The van der Waals surface area contributed by atoms with Crippen LogP contribution >= 0.6 is 0 Å². The van der Waals surface area contributed by atoms with Gasteiger partial charge in [0.1, 0.15) is 5.56 Å². The minimum Gasteiger partial charge on any atom is -0.365 e. The van der Waals surface area contributed by atoms with Crippen LogP contribution in [-0.2, 0) is 5.41 Å². The van der Waals surface area contributed by atoms with E-state index in [1.165, 1.54) is 19.3 Å². The second-order valence-electron chi connectivity index (χ2n) is 8.28. The number of nitrogens with two attached hydrogens (primary N) is 1. The highest BCUT2D eigenvalue weighted by atomic mass is 19.1. The lowest BCUT2D eigenvalue weighted by molar-refractivity contribution is 0.100. The molecule has 0 aliphatic heterocycles. The number of primary amides is 1. The van der Waals surface area contributed by atoms with Gasteiger partial charge in [0, 0.05) is 17.3 Å². The van der Waals surface area contributed by atoms with Gasteiger partial charge in [-0.25, -0.2) is 0 Å². The summed E-state index contributed by atoms with van der Waals surface area (Å²) in [6.07, 6.45) is 6.42. The number of nitrogens with one attached hydrogen (secondary N) is 1. The van der Waals surface area contributed by atoms with Crippen molar-refractivity contribution in [2.24, 2.45) is 11.7 Å². The molecule has 1 fully saturated rings. The van der Waals surface area contributed by atoms with Gasteiger partial charge in [-0.2, -0.15) is 5.10 Å². The zero-order valence-electron chi connectivity index (χ0n) is 16.3. The lowest BCUT2D eigenvalue weighted by Gasteiger charge is -2.28. The molecule has 1 saturated carbocycles. The summed E-state index contributed by atoms with van der Waals surface area (Å²) in [5.74, 6) is 0.495. The van der Waals surface area contributed by atoms with Gasteiger partial charge in [-0.15, -0.1) is 0 Å². The highest BCUT2D eigenvalue weighted by Crippen LogP contribution is 2.34. The first-order valence-electron chi connectivity index (χ1n) is 9.64. The molecule has 1 heterocycles. The third kappa shape index (κ3) is 4.15. The Kier molecular flexibility index (Phi) is 5.53. The molecule has 3 rings (SSSR count). The van der Waals surface area contributed by atoms with Crippen molar-refractivity contribution in [3.05, 3.63) is 41.6 Å². The maximum atomic E-state index is 13.2. The van der Waals surface area contributed by atoms with E-state index in [1.807, 2.05) is 42.8 Å². The Balaban J connectivity index is 1.84. The average Bonchev–Trinajstić information content (AvgIpc) is 3.06. The molecule has 2 atom stereocenters. The molecule has 1 aromatic carbocycles. The molecule has 0 bridgehead atoms. The van der Waals surface area contributed by atoms with Crippen molar-refractivity contribution in [1.82, 2.24) is 9.78 Å². The normalized spacial score (nSPS) is 20.4. The fraction of sp³-hybridized carbons (Fsp3) is 0.524. The molecular formula is C21H29FN4O. The topological polar surface area (TPSA) is 72.9 Å². The standard InChI is InChI=1S/C21H29FN4O/c1-14-6-4-5-7-18(14)26-12-17(19(23)27)20(25-26)24-16-10-8-15(9-11-16)21(2,3)13-22/h8-12,14,18H,4-7,13H2,1-3H3,(H2,23,27)(H,24,25). The second-order valence-corrected chi connectivity index (χ2v) is 8.28. The quantitative estimate of drug-likeness (QED) is 0.770. The minimum atomic E-state index is -0.518. The van der Waals surface area contributed by atoms with Gasteiger partial charge in [0.05, 0.1) is 12.7 Å². The number of nitrogens with zero attached hydrogens (tertiary/aromatic N) is 2. The number of rotatable bonds is 6. The molecule has 1 aliphatic rings. The maximum Gasteiger partial charge on any atom is 0.254 e. The molecule has 0 saturated heterocycles. The number of halogens is 1. The first-order valence-corrected chi connectivity index (χ1v) is 9.64. The second kappa shape index (κ2) is 7.71.